The van der Waals surface area contributed by atoms with E-state index in [1.54, 1.807) is 0 Å². The van der Waals surface area contributed by atoms with Crippen molar-refractivity contribution in [3.05, 3.63) is 29.3 Å². The number of carbonyl (C=O) groups is 1. The quantitative estimate of drug-likeness (QED) is 0.821. The first-order valence-corrected chi connectivity index (χ1v) is 9.15. The first-order chi connectivity index (χ1) is 11.0. The van der Waals surface area contributed by atoms with Gasteiger partial charge >= 0.3 is 0 Å². The Balaban J connectivity index is 2.00. The smallest absolute Gasteiger partial charge is 0.224 e. The summed E-state index contributed by atoms with van der Waals surface area (Å²) in [5, 5.41) is 3.57. The summed E-state index contributed by atoms with van der Waals surface area (Å²) in [4.78, 5) is 14.3. The number of nitrogens with one attached hydrogen (secondary N) is 1. The largest absolute Gasteiger partial charge is 0.384 e. The summed E-state index contributed by atoms with van der Waals surface area (Å²) >= 11 is 0. The molecule has 0 unspecified atom stereocenters. The van der Waals surface area contributed by atoms with E-state index in [4.69, 9.17) is 0 Å². The van der Waals surface area contributed by atoms with Gasteiger partial charge in [-0.3, -0.25) is 4.79 Å². The Morgan fingerprint density at radius 2 is 1.61 bits per heavy atom. The molecule has 0 atom stereocenters. The minimum absolute atomic E-state index is 0.297. The fourth-order valence-electron chi connectivity index (χ4n) is 3.35. The van der Waals surface area contributed by atoms with Crippen LogP contribution in [0.25, 0.3) is 0 Å². The van der Waals surface area contributed by atoms with Crippen LogP contribution in [-0.2, 0) is 4.79 Å². The van der Waals surface area contributed by atoms with Crippen LogP contribution in [0.1, 0.15) is 76.3 Å². The highest BCUT2D eigenvalue weighted by atomic mass is 16.2. The van der Waals surface area contributed by atoms with Crippen molar-refractivity contribution in [3.8, 4) is 0 Å². The SMILES string of the molecule is CC(C)c1cccc(C(C)C)c1NCCC(=O)N1CCCCC1. The van der Waals surface area contributed by atoms with Gasteiger partial charge in [0.05, 0.1) is 0 Å². The molecular weight excluding hydrogens is 284 g/mol. The van der Waals surface area contributed by atoms with Gasteiger partial charge in [-0.2, -0.15) is 0 Å². The Hall–Kier alpha value is -1.51. The molecule has 1 amide bonds. The number of hydrogen-bond donors (Lipinski definition) is 1. The second-order valence-electron chi connectivity index (χ2n) is 7.24. The summed E-state index contributed by atoms with van der Waals surface area (Å²) in [6.07, 6.45) is 4.17. The number of benzene rings is 1. The topological polar surface area (TPSA) is 32.3 Å². The highest BCUT2D eigenvalue weighted by Gasteiger charge is 2.17. The van der Waals surface area contributed by atoms with Crippen LogP contribution in [0.2, 0.25) is 0 Å². The third-order valence-electron chi connectivity index (χ3n) is 4.72. The molecule has 1 aliphatic heterocycles. The summed E-state index contributed by atoms with van der Waals surface area (Å²) < 4.78 is 0. The molecule has 0 aromatic heterocycles. The number of likely N-dealkylation sites (tertiary alicyclic amines) is 1. The van der Waals surface area contributed by atoms with E-state index in [1.807, 2.05) is 4.90 Å². The number of hydrogen-bond acceptors (Lipinski definition) is 2. The van der Waals surface area contributed by atoms with Crippen molar-refractivity contribution in [2.24, 2.45) is 0 Å². The predicted molar refractivity (Wildman–Crippen MR) is 98.2 cm³/mol. The maximum absolute atomic E-state index is 12.3. The maximum Gasteiger partial charge on any atom is 0.224 e. The molecule has 1 fully saturated rings. The van der Waals surface area contributed by atoms with Crippen LogP contribution in [0, 0.1) is 0 Å². The van der Waals surface area contributed by atoms with E-state index >= 15 is 0 Å². The standard InChI is InChI=1S/C20H32N2O/c1-15(2)17-9-8-10-18(16(3)4)20(17)21-12-11-19(23)22-13-6-5-7-14-22/h8-10,15-16,21H,5-7,11-14H2,1-4H3. The molecule has 0 aliphatic carbocycles. The number of piperidine rings is 1. The van der Waals surface area contributed by atoms with Crippen molar-refractivity contribution in [1.29, 1.82) is 0 Å². The summed E-state index contributed by atoms with van der Waals surface area (Å²) in [6, 6.07) is 6.55. The molecule has 0 radical (unpaired) electrons. The normalized spacial score (nSPS) is 15.3. The number of rotatable bonds is 6. The van der Waals surface area contributed by atoms with E-state index < -0.39 is 0 Å². The zero-order valence-corrected chi connectivity index (χ0v) is 15.2. The van der Waals surface area contributed by atoms with Crippen molar-refractivity contribution in [2.75, 3.05) is 25.0 Å². The Bertz CT molecular complexity index is 490. The average molecular weight is 316 g/mol. The molecule has 0 bridgehead atoms. The predicted octanol–water partition coefficient (Wildman–Crippen LogP) is 4.75. The molecule has 2 rings (SSSR count). The molecule has 128 valence electrons. The summed E-state index contributed by atoms with van der Waals surface area (Å²) in [5.41, 5.74) is 3.94. The Kier molecular flexibility index (Phi) is 6.49. The number of anilines is 1. The van der Waals surface area contributed by atoms with Crippen LogP contribution in [-0.4, -0.2) is 30.4 Å². The Morgan fingerprint density at radius 1 is 1.04 bits per heavy atom. The molecule has 1 N–H and O–H groups in total. The third kappa shape index (κ3) is 4.73. The lowest BCUT2D eigenvalue weighted by atomic mass is 9.92. The second kappa shape index (κ2) is 8.37. The first kappa shape index (κ1) is 17.8. The van der Waals surface area contributed by atoms with Gasteiger partial charge in [0.25, 0.3) is 0 Å². The van der Waals surface area contributed by atoms with Gasteiger partial charge in [0.2, 0.25) is 5.91 Å². The van der Waals surface area contributed by atoms with Crippen LogP contribution in [0.4, 0.5) is 5.69 Å². The van der Waals surface area contributed by atoms with Crippen molar-refractivity contribution in [3.63, 3.8) is 0 Å². The van der Waals surface area contributed by atoms with Gasteiger partial charge in [-0.15, -0.1) is 0 Å². The van der Waals surface area contributed by atoms with Crippen molar-refractivity contribution < 1.29 is 4.79 Å². The number of nitrogens with zero attached hydrogens (tertiary/aromatic N) is 1. The van der Waals surface area contributed by atoms with E-state index in [0.717, 1.165) is 32.5 Å². The molecule has 3 heteroatoms. The van der Waals surface area contributed by atoms with E-state index in [1.165, 1.54) is 23.2 Å². The van der Waals surface area contributed by atoms with Gasteiger partial charge in [0.15, 0.2) is 0 Å². The lowest BCUT2D eigenvalue weighted by Crippen LogP contribution is -2.36. The van der Waals surface area contributed by atoms with Gasteiger partial charge in [0.1, 0.15) is 0 Å². The summed E-state index contributed by atoms with van der Waals surface area (Å²) in [7, 11) is 0. The third-order valence-corrected chi connectivity index (χ3v) is 4.72. The van der Waals surface area contributed by atoms with Gasteiger partial charge in [-0.25, -0.2) is 0 Å². The van der Waals surface area contributed by atoms with E-state index in [2.05, 4.69) is 51.2 Å². The molecule has 1 aromatic carbocycles. The zero-order valence-electron chi connectivity index (χ0n) is 15.2. The molecule has 1 saturated heterocycles. The van der Waals surface area contributed by atoms with Crippen LogP contribution < -0.4 is 5.32 Å². The summed E-state index contributed by atoms with van der Waals surface area (Å²) in [5.74, 6) is 1.26. The average Bonchev–Trinajstić information content (AvgIpc) is 2.55. The Morgan fingerprint density at radius 3 is 2.13 bits per heavy atom. The minimum atomic E-state index is 0.297. The fourth-order valence-corrected chi connectivity index (χ4v) is 3.35. The molecule has 1 aromatic rings. The highest BCUT2D eigenvalue weighted by molar-refractivity contribution is 5.77. The lowest BCUT2D eigenvalue weighted by Gasteiger charge is -2.27. The highest BCUT2D eigenvalue weighted by Crippen LogP contribution is 2.32. The molecule has 3 nitrogen and oxygen atoms in total. The first-order valence-electron chi connectivity index (χ1n) is 9.15. The molecular formula is C20H32N2O. The van der Waals surface area contributed by atoms with Crippen LogP contribution in [0.3, 0.4) is 0 Å². The van der Waals surface area contributed by atoms with Crippen molar-refractivity contribution >= 4 is 11.6 Å². The molecule has 23 heavy (non-hydrogen) atoms. The van der Waals surface area contributed by atoms with Gasteiger partial charge < -0.3 is 10.2 Å². The van der Waals surface area contributed by atoms with Crippen molar-refractivity contribution in [1.82, 2.24) is 4.90 Å². The van der Waals surface area contributed by atoms with Crippen molar-refractivity contribution in [2.45, 2.75) is 65.2 Å². The second-order valence-corrected chi connectivity index (χ2v) is 7.24. The van der Waals surface area contributed by atoms with Crippen LogP contribution >= 0.6 is 0 Å². The molecule has 0 saturated carbocycles. The molecule has 1 heterocycles. The zero-order chi connectivity index (χ0) is 16.8. The van der Waals surface area contributed by atoms with E-state index in [9.17, 15) is 4.79 Å². The maximum atomic E-state index is 12.3. The Labute approximate surface area is 141 Å². The lowest BCUT2D eigenvalue weighted by molar-refractivity contribution is -0.131. The minimum Gasteiger partial charge on any atom is -0.384 e. The number of carbonyl (C=O) groups excluding carboxylic acids is 1. The fraction of sp³-hybridized carbons (Fsp3) is 0.650. The van der Waals surface area contributed by atoms with Crippen LogP contribution in [0.5, 0.6) is 0 Å². The van der Waals surface area contributed by atoms with Gasteiger partial charge in [0, 0.05) is 31.7 Å². The molecule has 1 aliphatic rings. The van der Waals surface area contributed by atoms with Crippen LogP contribution in [0.15, 0.2) is 18.2 Å². The number of amides is 1. The van der Waals surface area contributed by atoms with Gasteiger partial charge in [-0.1, -0.05) is 45.9 Å². The number of para-hydroxylation sites is 1. The molecule has 0 spiro atoms. The van der Waals surface area contributed by atoms with Gasteiger partial charge in [-0.05, 0) is 42.2 Å². The summed E-state index contributed by atoms with van der Waals surface area (Å²) in [6.45, 7) is 11.5. The van der Waals surface area contributed by atoms with E-state index in [-0.39, 0.29) is 0 Å². The monoisotopic (exact) mass is 316 g/mol. The van der Waals surface area contributed by atoms with E-state index in [0.29, 0.717) is 24.2 Å².